The zero-order valence-electron chi connectivity index (χ0n) is 38.3. The summed E-state index contributed by atoms with van der Waals surface area (Å²) in [5.74, 6) is 3.96. The molecule has 5 fully saturated rings. The molecular weight excluding hydrogens is 813 g/mol. The summed E-state index contributed by atoms with van der Waals surface area (Å²) < 4.78 is 4.31. The van der Waals surface area contributed by atoms with E-state index in [0.717, 1.165) is 98.4 Å². The molecule has 11 rings (SSSR count). The molecule has 65 heavy (non-hydrogen) atoms. The number of piperidine rings is 1. The van der Waals surface area contributed by atoms with Crippen LogP contribution in [0.5, 0.6) is 0 Å². The Bertz CT molecular complexity index is 2660. The quantitative estimate of drug-likeness (QED) is 0.106. The first-order valence-corrected chi connectivity index (χ1v) is 23.4. The highest BCUT2D eigenvalue weighted by atomic mass is 16.1. The van der Waals surface area contributed by atoms with E-state index in [1.165, 1.54) is 42.6 Å². The number of aldehydes is 1. The molecule has 1 aromatic carbocycles. The first kappa shape index (κ1) is 44.2. The number of allylic oxidation sites excluding steroid dienone is 1. The number of imidazole rings is 2. The second-order valence-electron chi connectivity index (χ2n) is 18.5. The number of anilines is 2. The van der Waals surface area contributed by atoms with Gasteiger partial charge >= 0.3 is 0 Å². The Labute approximate surface area is 382 Å². The summed E-state index contributed by atoms with van der Waals surface area (Å²) in [6, 6.07) is 24.5. The Kier molecular flexibility index (Phi) is 13.3. The number of aromatic nitrogens is 5. The van der Waals surface area contributed by atoms with Crippen molar-refractivity contribution >= 4 is 46.9 Å². The molecule has 5 aliphatic rings. The van der Waals surface area contributed by atoms with Crippen molar-refractivity contribution in [1.29, 1.82) is 0 Å². The number of hydrogen-bond acceptors (Lipinski definition) is 11. The monoisotopic (exact) mass is 875 g/mol. The van der Waals surface area contributed by atoms with Crippen molar-refractivity contribution in [3.8, 4) is 0 Å². The highest BCUT2D eigenvalue weighted by molar-refractivity contribution is 5.91. The summed E-state index contributed by atoms with van der Waals surface area (Å²) in [5.41, 5.74) is 8.17. The molecule has 0 radical (unpaired) electrons. The van der Waals surface area contributed by atoms with Crippen molar-refractivity contribution in [1.82, 2.24) is 38.5 Å². The average Bonchev–Trinajstić information content (AvgIpc) is 4.27. The molecular formula is C52H62N10O3. The molecule has 3 saturated heterocycles. The number of ketones is 2. The van der Waals surface area contributed by atoms with Gasteiger partial charge in [0.25, 0.3) is 0 Å². The number of carbonyl (C=O) groups is 3. The molecule has 0 amide bonds. The first-order valence-electron chi connectivity index (χ1n) is 23.4. The topological polar surface area (TPSA) is 115 Å². The number of benzene rings is 1. The zero-order valence-corrected chi connectivity index (χ0v) is 38.3. The molecule has 2 unspecified atom stereocenters. The minimum Gasteiger partial charge on any atom is -0.355 e. The van der Waals surface area contributed by atoms with E-state index in [4.69, 9.17) is 9.97 Å². The Morgan fingerprint density at radius 2 is 1.22 bits per heavy atom. The van der Waals surface area contributed by atoms with Gasteiger partial charge in [0, 0.05) is 89.4 Å². The summed E-state index contributed by atoms with van der Waals surface area (Å²) in [5, 5.41) is 0. The lowest BCUT2D eigenvalue weighted by atomic mass is 9.89. The predicted octanol–water partition coefficient (Wildman–Crippen LogP) is 7.50. The molecule has 13 nitrogen and oxygen atoms in total. The molecule has 2 aliphatic carbocycles. The molecule has 6 aromatic rings. The Morgan fingerprint density at radius 1 is 0.646 bits per heavy atom. The van der Waals surface area contributed by atoms with Crippen LogP contribution in [-0.4, -0.2) is 130 Å². The van der Waals surface area contributed by atoms with E-state index < -0.39 is 0 Å². The lowest BCUT2D eigenvalue weighted by Gasteiger charge is -2.38. The van der Waals surface area contributed by atoms with Gasteiger partial charge in [0.15, 0.2) is 5.78 Å². The molecule has 338 valence electrons. The van der Waals surface area contributed by atoms with Crippen LogP contribution in [-0.2, 0) is 9.59 Å². The third kappa shape index (κ3) is 10.3. The molecule has 3 aliphatic heterocycles. The normalized spacial score (nSPS) is 21.0. The van der Waals surface area contributed by atoms with Crippen LogP contribution in [0.2, 0.25) is 0 Å². The number of nitrogens with zero attached hydrogens (tertiary/aromatic N) is 10. The van der Waals surface area contributed by atoms with Crippen LogP contribution in [0.3, 0.4) is 0 Å². The van der Waals surface area contributed by atoms with Gasteiger partial charge in [-0.1, -0.05) is 42.5 Å². The molecule has 0 bridgehead atoms. The highest BCUT2D eigenvalue weighted by Gasteiger charge is 2.39. The van der Waals surface area contributed by atoms with E-state index in [9.17, 15) is 14.4 Å². The van der Waals surface area contributed by atoms with Crippen molar-refractivity contribution < 1.29 is 14.4 Å². The number of likely N-dealkylation sites (N-methyl/N-ethyl adjacent to an activating group) is 2. The van der Waals surface area contributed by atoms with E-state index in [0.29, 0.717) is 30.5 Å². The molecule has 2 atom stereocenters. The predicted molar refractivity (Wildman–Crippen MR) is 257 cm³/mol. The lowest BCUT2D eigenvalue weighted by molar-refractivity contribution is -0.125. The fourth-order valence-electron chi connectivity index (χ4n) is 9.52. The van der Waals surface area contributed by atoms with Gasteiger partial charge in [-0.2, -0.15) is 0 Å². The minimum absolute atomic E-state index is 0.00923. The molecule has 2 saturated carbocycles. The number of pyridine rings is 3. The van der Waals surface area contributed by atoms with E-state index in [1.54, 1.807) is 19.1 Å². The van der Waals surface area contributed by atoms with Crippen molar-refractivity contribution in [3.63, 3.8) is 0 Å². The SMILES string of the molecule is CC(=O)/C=C/c1cn2c(N3CCN(C)CC3)cccc2n1.CN1CCN(c2cccc3nc(C4CC(=O)CC(c5ncccc5C5CC5)N4C)cn23)CC1.O=Cc1ccccc1C1CC1. The highest BCUT2D eigenvalue weighted by Crippen LogP contribution is 2.46. The van der Waals surface area contributed by atoms with Crippen LogP contribution in [0.15, 0.2) is 97.5 Å². The maximum absolute atomic E-state index is 12.9. The van der Waals surface area contributed by atoms with Crippen LogP contribution in [0.4, 0.5) is 11.6 Å². The third-order valence-corrected chi connectivity index (χ3v) is 13.6. The summed E-state index contributed by atoms with van der Waals surface area (Å²) in [6.45, 7) is 9.87. The van der Waals surface area contributed by atoms with Gasteiger partial charge < -0.3 is 19.6 Å². The van der Waals surface area contributed by atoms with Crippen LogP contribution in [0.1, 0.15) is 108 Å². The van der Waals surface area contributed by atoms with E-state index in [1.807, 2.05) is 48.8 Å². The number of rotatable bonds is 9. The van der Waals surface area contributed by atoms with Crippen LogP contribution < -0.4 is 9.80 Å². The number of carbonyl (C=O) groups excluding carboxylic acids is 3. The lowest BCUT2D eigenvalue weighted by Crippen LogP contribution is -2.45. The van der Waals surface area contributed by atoms with E-state index in [2.05, 4.69) is 102 Å². The van der Waals surface area contributed by atoms with Gasteiger partial charge in [-0.05, 0) is 119 Å². The maximum Gasteiger partial charge on any atom is 0.152 e. The van der Waals surface area contributed by atoms with Gasteiger partial charge in [0.05, 0.1) is 29.2 Å². The van der Waals surface area contributed by atoms with E-state index >= 15 is 0 Å². The Balaban J connectivity index is 0.000000141. The second kappa shape index (κ2) is 19.6. The number of piperazine rings is 2. The molecule has 0 spiro atoms. The van der Waals surface area contributed by atoms with Gasteiger partial charge in [0.1, 0.15) is 35.0 Å². The smallest absolute Gasteiger partial charge is 0.152 e. The number of hydrogen-bond donors (Lipinski definition) is 0. The van der Waals surface area contributed by atoms with Crippen LogP contribution in [0, 0.1) is 0 Å². The van der Waals surface area contributed by atoms with E-state index in [-0.39, 0.29) is 17.9 Å². The standard InChI is InChI=1S/C26H32N6O.C16H20N4O.C10H10O/c1-29-11-13-31(14-12-29)25-7-3-6-24-28-21(17-32(24)25)22-15-19(33)16-23(30(22)2)26-20(18-8-9-18)5-4-10-27-26;1-13(21)6-7-14-12-20-15(17-14)4-3-5-16(20)19-10-8-18(2)9-11-19;11-7-9-3-1-2-4-10(9)8-5-6-8/h3-7,10,17-18,22-23H,8-9,11-16H2,1-2H3;3-7,12H,8-11H2,1-2H3;1-4,7-8H,5-6H2/b;7-6+;. The fraction of sp³-hybridized carbons (Fsp3) is 0.423. The van der Waals surface area contributed by atoms with Crippen LogP contribution in [0.25, 0.3) is 17.4 Å². The molecule has 5 aromatic heterocycles. The van der Waals surface area contributed by atoms with Crippen molar-refractivity contribution in [2.75, 3.05) is 83.3 Å². The van der Waals surface area contributed by atoms with Crippen molar-refractivity contribution in [3.05, 3.63) is 131 Å². The average molecular weight is 875 g/mol. The zero-order chi connectivity index (χ0) is 45.0. The van der Waals surface area contributed by atoms with Gasteiger partial charge in [0.2, 0.25) is 0 Å². The third-order valence-electron chi connectivity index (χ3n) is 13.6. The summed E-state index contributed by atoms with van der Waals surface area (Å²) in [6.07, 6.45) is 16.3. The fourth-order valence-corrected chi connectivity index (χ4v) is 9.52. The minimum atomic E-state index is -0.0365. The number of likely N-dealkylation sites (tertiary alicyclic amines) is 1. The Hall–Kier alpha value is -6.02. The number of Topliss-reactive ketones (excluding diaryl/α,β-unsaturated/α-hetero) is 1. The van der Waals surface area contributed by atoms with Gasteiger partial charge in [-0.3, -0.25) is 33.1 Å². The summed E-state index contributed by atoms with van der Waals surface area (Å²) in [7, 11) is 6.47. The number of fused-ring (bicyclic) bond motifs is 2. The van der Waals surface area contributed by atoms with Gasteiger partial charge in [-0.15, -0.1) is 0 Å². The van der Waals surface area contributed by atoms with Crippen LogP contribution >= 0.6 is 0 Å². The van der Waals surface area contributed by atoms with Crippen molar-refractivity contribution in [2.45, 2.75) is 69.4 Å². The summed E-state index contributed by atoms with van der Waals surface area (Å²) in [4.78, 5) is 60.7. The van der Waals surface area contributed by atoms with Gasteiger partial charge in [-0.25, -0.2) is 9.97 Å². The molecule has 13 heteroatoms. The van der Waals surface area contributed by atoms with Crippen molar-refractivity contribution in [2.24, 2.45) is 0 Å². The molecule has 0 N–H and O–H groups in total. The first-order chi connectivity index (χ1) is 31.6. The maximum atomic E-state index is 12.9. The molecule has 8 heterocycles. The second-order valence-corrected chi connectivity index (χ2v) is 18.5. The largest absolute Gasteiger partial charge is 0.355 e. The summed E-state index contributed by atoms with van der Waals surface area (Å²) >= 11 is 0. The Morgan fingerprint density at radius 3 is 1.83 bits per heavy atom.